The van der Waals surface area contributed by atoms with Crippen molar-refractivity contribution in [1.82, 2.24) is 4.72 Å². The molecule has 2 aliphatic rings. The van der Waals surface area contributed by atoms with Crippen LogP contribution in [0.2, 0.25) is 0 Å². The number of carbonyl (C=O) groups excluding carboxylic acids is 3. The highest BCUT2D eigenvalue weighted by Gasteiger charge is 2.34. The third kappa shape index (κ3) is 1.57. The van der Waals surface area contributed by atoms with Crippen LogP contribution in [0.25, 0.3) is 0 Å². The van der Waals surface area contributed by atoms with E-state index in [1.165, 1.54) is 12.1 Å². The summed E-state index contributed by atoms with van der Waals surface area (Å²) in [6.45, 7) is 0. The lowest BCUT2D eigenvalue weighted by Crippen LogP contribution is -2.29. The van der Waals surface area contributed by atoms with Crippen LogP contribution in [0.3, 0.4) is 0 Å². The average molecular weight is 278 g/mol. The van der Waals surface area contributed by atoms with Gasteiger partial charge in [-0.15, -0.1) is 0 Å². The second-order valence-corrected chi connectivity index (χ2v) is 5.61. The Hall–Kier alpha value is -2.48. The standard InChI is InChI=1S/C11H6N2O5S/c14-9-3-4-10(15)13(9)6-1-2-7-8(5-6)19(17,18)12-11(7)16/h1-5H,(H,12,16). The van der Waals surface area contributed by atoms with Crippen LogP contribution in [0.15, 0.2) is 35.2 Å². The molecule has 0 saturated heterocycles. The minimum atomic E-state index is -3.91. The van der Waals surface area contributed by atoms with Crippen molar-refractivity contribution < 1.29 is 22.8 Å². The molecule has 96 valence electrons. The molecule has 2 aliphatic heterocycles. The fraction of sp³-hybridized carbons (Fsp3) is 0. The number of nitrogens with one attached hydrogen (secondary N) is 1. The molecule has 0 aliphatic carbocycles. The van der Waals surface area contributed by atoms with E-state index in [1.54, 1.807) is 0 Å². The second kappa shape index (κ2) is 3.51. The number of amides is 3. The maximum atomic E-state index is 11.7. The van der Waals surface area contributed by atoms with Gasteiger partial charge >= 0.3 is 0 Å². The first-order valence-electron chi connectivity index (χ1n) is 5.17. The Kier molecular flexibility index (Phi) is 2.14. The van der Waals surface area contributed by atoms with E-state index in [1.807, 2.05) is 4.72 Å². The van der Waals surface area contributed by atoms with Gasteiger partial charge in [0.15, 0.2) is 0 Å². The Morgan fingerprint density at radius 2 is 1.63 bits per heavy atom. The molecule has 3 amide bonds. The summed E-state index contributed by atoms with van der Waals surface area (Å²) in [6, 6.07) is 3.75. The largest absolute Gasteiger partial charge is 0.269 e. The zero-order valence-corrected chi connectivity index (χ0v) is 10.1. The Balaban J connectivity index is 2.16. The summed E-state index contributed by atoms with van der Waals surface area (Å²) >= 11 is 0. The van der Waals surface area contributed by atoms with Crippen molar-refractivity contribution >= 4 is 33.4 Å². The van der Waals surface area contributed by atoms with Crippen molar-refractivity contribution in [3.05, 3.63) is 35.9 Å². The number of nitrogens with zero attached hydrogens (tertiary/aromatic N) is 1. The first-order chi connectivity index (χ1) is 8.90. The fourth-order valence-corrected chi connectivity index (χ4v) is 3.14. The normalized spacial score (nSPS) is 19.8. The van der Waals surface area contributed by atoms with E-state index in [9.17, 15) is 22.8 Å². The van der Waals surface area contributed by atoms with E-state index >= 15 is 0 Å². The van der Waals surface area contributed by atoms with E-state index in [-0.39, 0.29) is 16.1 Å². The zero-order chi connectivity index (χ0) is 13.8. The van der Waals surface area contributed by atoms with Gasteiger partial charge in [0, 0.05) is 12.2 Å². The van der Waals surface area contributed by atoms with Gasteiger partial charge in [0.2, 0.25) is 0 Å². The first kappa shape index (κ1) is 11.6. The van der Waals surface area contributed by atoms with Crippen LogP contribution in [0.1, 0.15) is 10.4 Å². The molecule has 0 bridgehead atoms. The maximum absolute atomic E-state index is 11.7. The van der Waals surface area contributed by atoms with Crippen molar-refractivity contribution in [3.8, 4) is 0 Å². The van der Waals surface area contributed by atoms with Crippen molar-refractivity contribution in [2.24, 2.45) is 0 Å². The Morgan fingerprint density at radius 1 is 1.00 bits per heavy atom. The lowest BCUT2D eigenvalue weighted by atomic mass is 10.2. The van der Waals surface area contributed by atoms with Crippen molar-refractivity contribution in [2.45, 2.75) is 4.90 Å². The van der Waals surface area contributed by atoms with E-state index in [4.69, 9.17) is 0 Å². The van der Waals surface area contributed by atoms with Gasteiger partial charge in [-0.3, -0.25) is 14.4 Å². The van der Waals surface area contributed by atoms with Crippen molar-refractivity contribution in [1.29, 1.82) is 0 Å². The second-order valence-electron chi connectivity index (χ2n) is 3.96. The number of imide groups is 1. The van der Waals surface area contributed by atoms with Crippen molar-refractivity contribution in [3.63, 3.8) is 0 Å². The minimum absolute atomic E-state index is 0.00389. The molecule has 0 saturated carbocycles. The third-order valence-electron chi connectivity index (χ3n) is 2.79. The minimum Gasteiger partial charge on any atom is -0.269 e. The van der Waals surface area contributed by atoms with Gasteiger partial charge in [0.25, 0.3) is 27.7 Å². The van der Waals surface area contributed by atoms with Gasteiger partial charge in [-0.1, -0.05) is 0 Å². The van der Waals surface area contributed by atoms with Crippen LogP contribution >= 0.6 is 0 Å². The molecule has 3 rings (SSSR count). The van der Waals surface area contributed by atoms with Crippen LogP contribution in [-0.2, 0) is 19.6 Å². The fourth-order valence-electron chi connectivity index (χ4n) is 1.95. The van der Waals surface area contributed by atoms with E-state index in [2.05, 4.69) is 0 Å². The number of hydrogen-bond acceptors (Lipinski definition) is 5. The van der Waals surface area contributed by atoms with Gasteiger partial charge in [0.05, 0.1) is 11.3 Å². The summed E-state index contributed by atoms with van der Waals surface area (Å²) in [6.07, 6.45) is 2.18. The van der Waals surface area contributed by atoms with Crippen LogP contribution in [0.5, 0.6) is 0 Å². The number of fused-ring (bicyclic) bond motifs is 1. The highest BCUT2D eigenvalue weighted by Crippen LogP contribution is 2.28. The molecule has 19 heavy (non-hydrogen) atoms. The predicted molar refractivity (Wildman–Crippen MR) is 62.7 cm³/mol. The molecule has 1 aromatic carbocycles. The molecular weight excluding hydrogens is 272 g/mol. The molecule has 0 fully saturated rings. The molecule has 0 unspecified atom stereocenters. The number of anilines is 1. The number of sulfonamides is 1. The molecule has 2 heterocycles. The van der Waals surface area contributed by atoms with Crippen LogP contribution in [-0.4, -0.2) is 26.1 Å². The summed E-state index contributed by atoms with van der Waals surface area (Å²) in [4.78, 5) is 35.0. The molecule has 0 spiro atoms. The Bertz CT molecular complexity index is 760. The highest BCUT2D eigenvalue weighted by molar-refractivity contribution is 7.90. The molecule has 0 radical (unpaired) electrons. The number of carbonyl (C=O) groups is 3. The topological polar surface area (TPSA) is 101 Å². The van der Waals surface area contributed by atoms with Crippen LogP contribution in [0, 0.1) is 0 Å². The first-order valence-corrected chi connectivity index (χ1v) is 6.66. The molecule has 8 heteroatoms. The summed E-state index contributed by atoms with van der Waals surface area (Å²) in [5.41, 5.74) is 0.106. The van der Waals surface area contributed by atoms with Crippen molar-refractivity contribution in [2.75, 3.05) is 4.90 Å². The number of hydrogen-bond donors (Lipinski definition) is 1. The average Bonchev–Trinajstić information content (AvgIpc) is 2.78. The molecular formula is C11H6N2O5S. The molecule has 1 aromatic rings. The molecule has 0 atom stereocenters. The van der Waals surface area contributed by atoms with E-state index in [0.29, 0.717) is 0 Å². The summed E-state index contributed by atoms with van der Waals surface area (Å²) in [5, 5.41) is 0. The lowest BCUT2D eigenvalue weighted by molar-refractivity contribution is -0.119. The summed E-state index contributed by atoms with van der Waals surface area (Å²) < 4.78 is 25.1. The zero-order valence-electron chi connectivity index (χ0n) is 9.28. The quantitative estimate of drug-likeness (QED) is 0.701. The summed E-state index contributed by atoms with van der Waals surface area (Å²) in [5.74, 6) is -1.84. The SMILES string of the molecule is O=C1NS(=O)(=O)c2cc(N3C(=O)C=CC3=O)ccc21. The molecule has 0 aromatic heterocycles. The lowest BCUT2D eigenvalue weighted by Gasteiger charge is -2.14. The monoisotopic (exact) mass is 278 g/mol. The van der Waals surface area contributed by atoms with Gasteiger partial charge in [-0.2, -0.15) is 0 Å². The van der Waals surface area contributed by atoms with Crippen LogP contribution in [0.4, 0.5) is 5.69 Å². The predicted octanol–water partition coefficient (Wildman–Crippen LogP) is -0.452. The Labute approximate surface area is 107 Å². The molecule has 7 nitrogen and oxygen atoms in total. The smallest absolute Gasteiger partial charge is 0.266 e. The number of rotatable bonds is 1. The van der Waals surface area contributed by atoms with Gasteiger partial charge < -0.3 is 0 Å². The Morgan fingerprint density at radius 3 is 2.26 bits per heavy atom. The van der Waals surface area contributed by atoms with Gasteiger partial charge in [0.1, 0.15) is 4.90 Å². The van der Waals surface area contributed by atoms with Crippen LogP contribution < -0.4 is 9.62 Å². The van der Waals surface area contributed by atoms with E-state index in [0.717, 1.165) is 23.1 Å². The summed E-state index contributed by atoms with van der Waals surface area (Å²) in [7, 11) is -3.91. The van der Waals surface area contributed by atoms with E-state index < -0.39 is 27.7 Å². The molecule has 1 N–H and O–H groups in total. The van der Waals surface area contributed by atoms with Gasteiger partial charge in [-0.05, 0) is 18.2 Å². The van der Waals surface area contributed by atoms with Gasteiger partial charge in [-0.25, -0.2) is 18.0 Å². The highest BCUT2D eigenvalue weighted by atomic mass is 32.2. The number of benzene rings is 1. The maximum Gasteiger partial charge on any atom is 0.266 e. The third-order valence-corrected chi connectivity index (χ3v) is 4.16.